The number of nitrogens with zero attached hydrogens (tertiary/aromatic N) is 1. The number of thioether (sulfide) groups is 1. The third kappa shape index (κ3) is 4.45. The van der Waals surface area contributed by atoms with Gasteiger partial charge in [0.05, 0.1) is 26.2 Å². The van der Waals surface area contributed by atoms with E-state index in [1.807, 2.05) is 0 Å². The lowest BCUT2D eigenvalue weighted by Crippen LogP contribution is -2.29. The molecule has 0 aromatic heterocycles. The SMILES string of the molecule is COCCCN1C(=O)/C(=C/c2cc(OC)c(OC)c(OC)c2)SC1=S. The van der Waals surface area contributed by atoms with E-state index in [9.17, 15) is 4.79 Å². The Balaban J connectivity index is 2.28. The molecule has 1 aromatic carbocycles. The summed E-state index contributed by atoms with van der Waals surface area (Å²) >= 11 is 6.60. The number of hydrogen-bond acceptors (Lipinski definition) is 7. The van der Waals surface area contributed by atoms with Crippen molar-refractivity contribution in [1.82, 2.24) is 4.90 Å². The van der Waals surface area contributed by atoms with Crippen LogP contribution in [0, 0.1) is 0 Å². The minimum absolute atomic E-state index is 0.0974. The Morgan fingerprint density at radius 2 is 1.76 bits per heavy atom. The van der Waals surface area contributed by atoms with Crippen molar-refractivity contribution in [3.63, 3.8) is 0 Å². The van der Waals surface area contributed by atoms with Crippen LogP contribution in [0.5, 0.6) is 17.2 Å². The molecule has 1 saturated heterocycles. The molecule has 8 heteroatoms. The van der Waals surface area contributed by atoms with Gasteiger partial charge >= 0.3 is 0 Å². The Morgan fingerprint density at radius 3 is 2.28 bits per heavy atom. The Hall–Kier alpha value is -1.77. The highest BCUT2D eigenvalue weighted by Gasteiger charge is 2.31. The maximum absolute atomic E-state index is 12.6. The number of benzene rings is 1. The van der Waals surface area contributed by atoms with Gasteiger partial charge in [0.15, 0.2) is 11.5 Å². The fraction of sp³-hybridized carbons (Fsp3) is 0.412. The molecular formula is C17H21NO5S2. The maximum Gasteiger partial charge on any atom is 0.266 e. The molecule has 1 aliphatic rings. The van der Waals surface area contributed by atoms with E-state index in [1.54, 1.807) is 51.5 Å². The molecule has 0 unspecified atom stereocenters. The summed E-state index contributed by atoms with van der Waals surface area (Å²) in [6, 6.07) is 3.58. The molecule has 0 atom stereocenters. The van der Waals surface area contributed by atoms with Crippen LogP contribution in [0.3, 0.4) is 0 Å². The summed E-state index contributed by atoms with van der Waals surface area (Å²) in [5, 5.41) is 0. The van der Waals surface area contributed by atoms with Crippen LogP contribution in [0.4, 0.5) is 0 Å². The number of ether oxygens (including phenoxy) is 4. The molecule has 0 saturated carbocycles. The molecule has 25 heavy (non-hydrogen) atoms. The summed E-state index contributed by atoms with van der Waals surface area (Å²) in [5.74, 6) is 1.47. The van der Waals surface area contributed by atoms with Gasteiger partial charge in [-0.1, -0.05) is 24.0 Å². The van der Waals surface area contributed by atoms with Crippen LogP contribution in [-0.4, -0.2) is 56.7 Å². The number of thiocarbonyl (C=S) groups is 1. The highest BCUT2D eigenvalue weighted by Crippen LogP contribution is 2.40. The van der Waals surface area contributed by atoms with Crippen molar-refractivity contribution in [2.75, 3.05) is 41.6 Å². The van der Waals surface area contributed by atoms with Crippen molar-refractivity contribution < 1.29 is 23.7 Å². The second kappa shape index (κ2) is 9.07. The molecule has 1 aromatic rings. The van der Waals surface area contributed by atoms with Gasteiger partial charge in [0.25, 0.3) is 5.91 Å². The first-order valence-corrected chi connectivity index (χ1v) is 8.82. The fourth-order valence-corrected chi connectivity index (χ4v) is 3.70. The smallest absolute Gasteiger partial charge is 0.266 e. The van der Waals surface area contributed by atoms with Gasteiger partial charge in [0.1, 0.15) is 4.32 Å². The van der Waals surface area contributed by atoms with Gasteiger partial charge in [0.2, 0.25) is 5.75 Å². The van der Waals surface area contributed by atoms with E-state index >= 15 is 0 Å². The second-order valence-corrected chi connectivity index (χ2v) is 6.81. The molecule has 0 bridgehead atoms. The van der Waals surface area contributed by atoms with Gasteiger partial charge in [-0.05, 0) is 30.2 Å². The molecule has 0 radical (unpaired) electrons. The number of methoxy groups -OCH3 is 4. The Kier molecular flexibility index (Phi) is 7.10. The first-order valence-electron chi connectivity index (χ1n) is 7.60. The molecule has 1 amide bonds. The van der Waals surface area contributed by atoms with Crippen molar-refractivity contribution in [3.8, 4) is 17.2 Å². The van der Waals surface area contributed by atoms with Gasteiger partial charge in [-0.25, -0.2) is 0 Å². The van der Waals surface area contributed by atoms with Crippen molar-refractivity contribution in [2.45, 2.75) is 6.42 Å². The quantitative estimate of drug-likeness (QED) is 0.389. The number of amides is 1. The summed E-state index contributed by atoms with van der Waals surface area (Å²) < 4.78 is 21.6. The van der Waals surface area contributed by atoms with Crippen LogP contribution < -0.4 is 14.2 Å². The van der Waals surface area contributed by atoms with Gasteiger partial charge < -0.3 is 18.9 Å². The highest BCUT2D eigenvalue weighted by molar-refractivity contribution is 8.26. The molecule has 1 heterocycles. The molecule has 136 valence electrons. The summed E-state index contributed by atoms with van der Waals surface area (Å²) in [7, 11) is 6.28. The third-order valence-electron chi connectivity index (χ3n) is 3.59. The maximum atomic E-state index is 12.6. The van der Waals surface area contributed by atoms with Crippen LogP contribution >= 0.6 is 24.0 Å². The highest BCUT2D eigenvalue weighted by atomic mass is 32.2. The number of hydrogen-bond donors (Lipinski definition) is 0. The Bertz CT molecular complexity index is 665. The zero-order valence-electron chi connectivity index (χ0n) is 14.7. The van der Waals surface area contributed by atoms with Crippen LogP contribution in [-0.2, 0) is 9.53 Å². The summed E-state index contributed by atoms with van der Waals surface area (Å²) in [4.78, 5) is 14.7. The van der Waals surface area contributed by atoms with Crippen LogP contribution in [0.2, 0.25) is 0 Å². The van der Waals surface area contributed by atoms with Crippen LogP contribution in [0.25, 0.3) is 6.08 Å². The number of carbonyl (C=O) groups is 1. The molecule has 1 fully saturated rings. The van der Waals surface area contributed by atoms with E-state index in [0.717, 1.165) is 12.0 Å². The zero-order valence-corrected chi connectivity index (χ0v) is 16.3. The number of rotatable bonds is 8. The zero-order chi connectivity index (χ0) is 18.4. The largest absolute Gasteiger partial charge is 0.493 e. The van der Waals surface area contributed by atoms with Gasteiger partial charge in [-0.2, -0.15) is 0 Å². The minimum Gasteiger partial charge on any atom is -0.493 e. The monoisotopic (exact) mass is 383 g/mol. The molecule has 0 aliphatic carbocycles. The second-order valence-electron chi connectivity index (χ2n) is 5.14. The predicted molar refractivity (Wildman–Crippen MR) is 102 cm³/mol. The van der Waals surface area contributed by atoms with Gasteiger partial charge in [-0.15, -0.1) is 0 Å². The van der Waals surface area contributed by atoms with E-state index in [0.29, 0.717) is 39.6 Å². The summed E-state index contributed by atoms with van der Waals surface area (Å²) in [5.41, 5.74) is 0.770. The van der Waals surface area contributed by atoms with E-state index in [1.165, 1.54) is 11.8 Å². The average Bonchev–Trinajstić information content (AvgIpc) is 2.88. The molecule has 1 aliphatic heterocycles. The van der Waals surface area contributed by atoms with Gasteiger partial charge in [-0.3, -0.25) is 9.69 Å². The van der Waals surface area contributed by atoms with E-state index < -0.39 is 0 Å². The lowest BCUT2D eigenvalue weighted by atomic mass is 10.1. The first-order chi connectivity index (χ1) is 12.0. The van der Waals surface area contributed by atoms with Crippen LogP contribution in [0.15, 0.2) is 17.0 Å². The lowest BCUT2D eigenvalue weighted by Gasteiger charge is -2.14. The molecule has 6 nitrogen and oxygen atoms in total. The fourth-order valence-electron chi connectivity index (χ4n) is 2.40. The van der Waals surface area contributed by atoms with Crippen LogP contribution in [0.1, 0.15) is 12.0 Å². The summed E-state index contributed by atoms with van der Waals surface area (Å²) in [6.45, 7) is 1.13. The lowest BCUT2D eigenvalue weighted by molar-refractivity contribution is -0.122. The summed E-state index contributed by atoms with van der Waals surface area (Å²) in [6.07, 6.45) is 2.51. The molecule has 2 rings (SSSR count). The number of carbonyl (C=O) groups excluding carboxylic acids is 1. The average molecular weight is 383 g/mol. The standard InChI is InChI=1S/C17H21NO5S2/c1-20-7-5-6-18-16(19)14(25-17(18)24)10-11-8-12(21-2)15(23-4)13(9-11)22-3/h8-10H,5-7H2,1-4H3/b14-10-. The third-order valence-corrected chi connectivity index (χ3v) is 4.97. The van der Waals surface area contributed by atoms with E-state index in [-0.39, 0.29) is 5.91 Å². The normalized spacial score (nSPS) is 15.8. The molecule has 0 N–H and O–H groups in total. The first kappa shape index (κ1) is 19.6. The Morgan fingerprint density at radius 1 is 1.12 bits per heavy atom. The minimum atomic E-state index is -0.0974. The van der Waals surface area contributed by atoms with Crippen molar-refractivity contribution in [2.24, 2.45) is 0 Å². The van der Waals surface area contributed by atoms with Gasteiger partial charge in [0, 0.05) is 20.3 Å². The van der Waals surface area contributed by atoms with E-state index in [2.05, 4.69) is 0 Å². The Labute approximate surface area is 157 Å². The van der Waals surface area contributed by atoms with E-state index in [4.69, 9.17) is 31.2 Å². The van der Waals surface area contributed by atoms with Crippen molar-refractivity contribution in [3.05, 3.63) is 22.6 Å². The molecular weight excluding hydrogens is 362 g/mol. The van der Waals surface area contributed by atoms with Crippen molar-refractivity contribution in [1.29, 1.82) is 0 Å². The molecule has 0 spiro atoms. The predicted octanol–water partition coefficient (Wildman–Crippen LogP) is 2.95. The van der Waals surface area contributed by atoms with Crippen molar-refractivity contribution >= 4 is 40.3 Å². The topological polar surface area (TPSA) is 57.2 Å².